The van der Waals surface area contributed by atoms with Crippen LogP contribution in [0.1, 0.15) is 105 Å². The van der Waals surface area contributed by atoms with Crippen LogP contribution >= 0.6 is 0 Å². The van der Waals surface area contributed by atoms with Gasteiger partial charge >= 0.3 is 0 Å². The van der Waals surface area contributed by atoms with Crippen molar-refractivity contribution in [2.75, 3.05) is 0 Å². The molecule has 0 heterocycles. The molecule has 0 aliphatic rings. The lowest BCUT2D eigenvalue weighted by molar-refractivity contribution is 0.289. The Morgan fingerprint density at radius 1 is 0.750 bits per heavy atom. The molecule has 20 heavy (non-hydrogen) atoms. The summed E-state index contributed by atoms with van der Waals surface area (Å²) in [5.41, 5.74) is 0. The maximum Gasteiger partial charge on any atom is -0.0351 e. The first-order chi connectivity index (χ1) is 9.76. The Morgan fingerprint density at radius 2 is 1.40 bits per heavy atom. The van der Waals surface area contributed by atoms with Crippen LogP contribution in [0.3, 0.4) is 0 Å². The van der Waals surface area contributed by atoms with Crippen molar-refractivity contribution in [1.29, 1.82) is 0 Å². The molecule has 0 aromatic carbocycles. The second kappa shape index (κ2) is 15.1. The molecular weight excluding hydrogens is 240 g/mol. The molecule has 0 fully saturated rings. The minimum absolute atomic E-state index is 0.923. The normalized spacial score (nSPS) is 14.8. The minimum atomic E-state index is 0.923. The third-order valence-electron chi connectivity index (χ3n) is 4.73. The molecule has 0 N–H and O–H groups in total. The number of rotatable bonds is 14. The van der Waals surface area contributed by atoms with Crippen LogP contribution in [-0.4, -0.2) is 0 Å². The van der Waals surface area contributed by atoms with Gasteiger partial charge in [0.25, 0.3) is 0 Å². The van der Waals surface area contributed by atoms with Gasteiger partial charge in [-0.25, -0.2) is 0 Å². The van der Waals surface area contributed by atoms with Crippen LogP contribution in [0, 0.1) is 11.8 Å². The van der Waals surface area contributed by atoms with Crippen molar-refractivity contribution >= 4 is 0 Å². The van der Waals surface area contributed by atoms with E-state index in [9.17, 15) is 0 Å². The van der Waals surface area contributed by atoms with Crippen molar-refractivity contribution in [3.63, 3.8) is 0 Å². The zero-order valence-corrected chi connectivity index (χ0v) is 14.8. The molecule has 0 rings (SSSR count). The number of hydrogen-bond acceptors (Lipinski definition) is 0. The molecule has 0 aromatic rings. The zero-order valence-electron chi connectivity index (χ0n) is 14.8. The summed E-state index contributed by atoms with van der Waals surface area (Å²) in [6.45, 7) is 9.34. The average Bonchev–Trinajstić information content (AvgIpc) is 2.47. The molecule has 0 nitrogen and oxygen atoms in total. The van der Waals surface area contributed by atoms with Gasteiger partial charge in [0.1, 0.15) is 0 Å². The SMILES string of the molecule is CC/C=C/CCCCC(CCCCCCC)C(C)CC. The Bertz CT molecular complexity index is 204. The molecule has 0 aliphatic heterocycles. The average molecular weight is 281 g/mol. The fourth-order valence-corrected chi connectivity index (χ4v) is 3.01. The first kappa shape index (κ1) is 19.7. The van der Waals surface area contributed by atoms with E-state index >= 15 is 0 Å². The molecule has 2 atom stereocenters. The number of allylic oxidation sites excluding steroid dienone is 2. The summed E-state index contributed by atoms with van der Waals surface area (Å²) >= 11 is 0. The van der Waals surface area contributed by atoms with Crippen molar-refractivity contribution < 1.29 is 0 Å². The fourth-order valence-electron chi connectivity index (χ4n) is 3.01. The molecule has 0 saturated carbocycles. The van der Waals surface area contributed by atoms with Crippen LogP contribution in [0.25, 0.3) is 0 Å². The molecule has 0 amide bonds. The predicted molar refractivity (Wildman–Crippen MR) is 94.2 cm³/mol. The maximum atomic E-state index is 2.47. The number of hydrogen-bond donors (Lipinski definition) is 0. The first-order valence-corrected chi connectivity index (χ1v) is 9.41. The standard InChI is InChI=1S/C20H40/c1-5-8-10-12-14-16-18-20(19(4)7-3)17-15-13-11-9-6-2/h8,10,19-20H,5-7,9,11-18H2,1-4H3/b10-8+. The third-order valence-corrected chi connectivity index (χ3v) is 4.73. The van der Waals surface area contributed by atoms with Crippen molar-refractivity contribution in [2.24, 2.45) is 11.8 Å². The highest BCUT2D eigenvalue weighted by Crippen LogP contribution is 2.27. The Labute approximate surface area is 129 Å². The van der Waals surface area contributed by atoms with Crippen LogP contribution in [0.15, 0.2) is 12.2 Å². The third kappa shape index (κ3) is 11.6. The molecule has 0 aliphatic carbocycles. The molecular formula is C20H40. The van der Waals surface area contributed by atoms with E-state index in [0.29, 0.717) is 0 Å². The Morgan fingerprint density at radius 3 is 2.00 bits per heavy atom. The Kier molecular flexibility index (Phi) is 14.9. The first-order valence-electron chi connectivity index (χ1n) is 9.41. The van der Waals surface area contributed by atoms with E-state index in [1.807, 2.05) is 0 Å². The Balaban J connectivity index is 3.76. The van der Waals surface area contributed by atoms with Gasteiger partial charge < -0.3 is 0 Å². The van der Waals surface area contributed by atoms with E-state index in [-0.39, 0.29) is 0 Å². The van der Waals surface area contributed by atoms with Crippen LogP contribution in [0.2, 0.25) is 0 Å². The van der Waals surface area contributed by atoms with Crippen molar-refractivity contribution in [3.8, 4) is 0 Å². The summed E-state index contributed by atoms with van der Waals surface area (Å²) in [5.74, 6) is 1.91. The molecule has 120 valence electrons. The maximum absolute atomic E-state index is 2.47. The summed E-state index contributed by atoms with van der Waals surface area (Å²) in [7, 11) is 0. The van der Waals surface area contributed by atoms with E-state index < -0.39 is 0 Å². The highest BCUT2D eigenvalue weighted by atomic mass is 14.2. The molecule has 2 unspecified atom stereocenters. The molecule has 0 heteroatoms. The summed E-state index contributed by atoms with van der Waals surface area (Å²) in [5, 5.41) is 0. The minimum Gasteiger partial charge on any atom is -0.0888 e. The van der Waals surface area contributed by atoms with Crippen molar-refractivity contribution in [2.45, 2.75) is 105 Å². The van der Waals surface area contributed by atoms with Gasteiger partial charge in [-0.1, -0.05) is 97.6 Å². The highest BCUT2D eigenvalue weighted by Gasteiger charge is 2.14. The van der Waals surface area contributed by atoms with E-state index in [4.69, 9.17) is 0 Å². The van der Waals surface area contributed by atoms with E-state index in [1.54, 1.807) is 0 Å². The van der Waals surface area contributed by atoms with E-state index in [1.165, 1.54) is 77.0 Å². The smallest absolute Gasteiger partial charge is 0.0351 e. The van der Waals surface area contributed by atoms with Gasteiger partial charge in [-0.2, -0.15) is 0 Å². The largest absolute Gasteiger partial charge is 0.0888 e. The van der Waals surface area contributed by atoms with Crippen molar-refractivity contribution in [1.82, 2.24) is 0 Å². The van der Waals surface area contributed by atoms with Gasteiger partial charge in [-0.15, -0.1) is 0 Å². The van der Waals surface area contributed by atoms with Crippen LogP contribution < -0.4 is 0 Å². The summed E-state index contributed by atoms with van der Waals surface area (Å²) < 4.78 is 0. The van der Waals surface area contributed by atoms with E-state index in [2.05, 4.69) is 39.8 Å². The number of unbranched alkanes of at least 4 members (excludes halogenated alkanes) is 6. The quantitative estimate of drug-likeness (QED) is 0.228. The summed E-state index contributed by atoms with van der Waals surface area (Å²) in [6.07, 6.45) is 21.4. The fraction of sp³-hybridized carbons (Fsp3) is 0.900. The second-order valence-electron chi connectivity index (χ2n) is 6.51. The Hall–Kier alpha value is -0.260. The van der Waals surface area contributed by atoms with Crippen LogP contribution in [0.4, 0.5) is 0 Å². The van der Waals surface area contributed by atoms with Crippen molar-refractivity contribution in [3.05, 3.63) is 12.2 Å². The topological polar surface area (TPSA) is 0 Å². The summed E-state index contributed by atoms with van der Waals surface area (Å²) in [6, 6.07) is 0. The second-order valence-corrected chi connectivity index (χ2v) is 6.51. The molecule has 0 bridgehead atoms. The van der Waals surface area contributed by atoms with Gasteiger partial charge in [0.15, 0.2) is 0 Å². The van der Waals surface area contributed by atoms with Gasteiger partial charge in [0.2, 0.25) is 0 Å². The molecule has 0 aromatic heterocycles. The lowest BCUT2D eigenvalue weighted by atomic mass is 9.83. The highest BCUT2D eigenvalue weighted by molar-refractivity contribution is 4.80. The van der Waals surface area contributed by atoms with Crippen LogP contribution in [-0.2, 0) is 0 Å². The van der Waals surface area contributed by atoms with Gasteiger partial charge in [0, 0.05) is 0 Å². The van der Waals surface area contributed by atoms with Gasteiger partial charge in [0.05, 0.1) is 0 Å². The van der Waals surface area contributed by atoms with E-state index in [0.717, 1.165) is 11.8 Å². The van der Waals surface area contributed by atoms with Gasteiger partial charge in [-0.3, -0.25) is 0 Å². The molecule has 0 radical (unpaired) electrons. The summed E-state index contributed by atoms with van der Waals surface area (Å²) in [4.78, 5) is 0. The monoisotopic (exact) mass is 280 g/mol. The lowest BCUT2D eigenvalue weighted by Crippen LogP contribution is -2.11. The lowest BCUT2D eigenvalue weighted by Gasteiger charge is -2.23. The van der Waals surface area contributed by atoms with Gasteiger partial charge in [-0.05, 0) is 31.1 Å². The molecule has 0 spiro atoms. The molecule has 0 saturated heterocycles. The predicted octanol–water partition coefficient (Wildman–Crippen LogP) is 7.54. The van der Waals surface area contributed by atoms with Crippen LogP contribution in [0.5, 0.6) is 0 Å². The zero-order chi connectivity index (χ0) is 15.1.